The van der Waals surface area contributed by atoms with Gasteiger partial charge in [0.15, 0.2) is 6.04 Å². The highest BCUT2D eigenvalue weighted by molar-refractivity contribution is 9.10. The lowest BCUT2D eigenvalue weighted by Gasteiger charge is -2.14. The molecule has 0 fully saturated rings. The molecule has 6 heteroatoms. The highest BCUT2D eigenvalue weighted by atomic mass is 79.9. The molecule has 0 amide bonds. The van der Waals surface area contributed by atoms with E-state index < -0.39 is 12.0 Å². The third-order valence-corrected chi connectivity index (χ3v) is 4.07. The fraction of sp³-hybridized carbons (Fsp3) is 0.0769. The summed E-state index contributed by atoms with van der Waals surface area (Å²) >= 11 is 4.66. The van der Waals surface area contributed by atoms with E-state index >= 15 is 0 Å². The number of hydrogen-bond acceptors (Lipinski definition) is 4. The van der Waals surface area contributed by atoms with Crippen LogP contribution in [0.25, 0.3) is 0 Å². The van der Waals surface area contributed by atoms with Crippen molar-refractivity contribution in [3.8, 4) is 6.07 Å². The summed E-state index contributed by atoms with van der Waals surface area (Å²) in [6.45, 7) is 0. The third-order valence-electron chi connectivity index (χ3n) is 2.48. The number of carbonyl (C=O) groups is 1. The van der Waals surface area contributed by atoms with Crippen LogP contribution in [0.1, 0.15) is 16.5 Å². The van der Waals surface area contributed by atoms with Crippen molar-refractivity contribution in [1.82, 2.24) is 0 Å². The Morgan fingerprint density at radius 2 is 2.26 bits per heavy atom. The van der Waals surface area contributed by atoms with Crippen LogP contribution in [0.3, 0.4) is 0 Å². The van der Waals surface area contributed by atoms with E-state index in [9.17, 15) is 9.90 Å². The van der Waals surface area contributed by atoms with Crippen molar-refractivity contribution in [2.24, 2.45) is 0 Å². The molecule has 0 saturated heterocycles. The lowest BCUT2D eigenvalue weighted by molar-refractivity contribution is -0.138. The van der Waals surface area contributed by atoms with Crippen LogP contribution in [0.15, 0.2) is 40.2 Å². The highest BCUT2D eigenvalue weighted by Gasteiger charge is 2.20. The molecule has 2 rings (SSSR count). The lowest BCUT2D eigenvalue weighted by Crippen LogP contribution is -2.19. The molecule has 4 nitrogen and oxygen atoms in total. The molecule has 0 saturated carbocycles. The van der Waals surface area contributed by atoms with E-state index in [-0.39, 0.29) is 0 Å². The van der Waals surface area contributed by atoms with E-state index in [2.05, 4.69) is 21.2 Å². The first kappa shape index (κ1) is 13.6. The number of nitriles is 1. The van der Waals surface area contributed by atoms with Gasteiger partial charge >= 0.3 is 5.97 Å². The van der Waals surface area contributed by atoms with E-state index in [1.165, 1.54) is 11.3 Å². The van der Waals surface area contributed by atoms with Gasteiger partial charge in [0.25, 0.3) is 0 Å². The number of thiophene rings is 1. The Hall–Kier alpha value is -1.84. The van der Waals surface area contributed by atoms with Gasteiger partial charge in [0.1, 0.15) is 6.07 Å². The van der Waals surface area contributed by atoms with Crippen molar-refractivity contribution < 1.29 is 9.90 Å². The van der Waals surface area contributed by atoms with Gasteiger partial charge in [0.05, 0.1) is 5.56 Å². The Morgan fingerprint density at radius 1 is 1.47 bits per heavy atom. The summed E-state index contributed by atoms with van der Waals surface area (Å²) in [7, 11) is 0. The zero-order chi connectivity index (χ0) is 13.8. The molecule has 96 valence electrons. The maximum Gasteiger partial charge on any atom is 0.331 e. The predicted octanol–water partition coefficient (Wildman–Crippen LogP) is 3.62. The number of nitrogens with one attached hydrogen (secondary N) is 1. The summed E-state index contributed by atoms with van der Waals surface area (Å²) in [6, 6.07) is 9.85. The molecule has 2 N–H and O–H groups in total. The Kier molecular flexibility index (Phi) is 4.20. The van der Waals surface area contributed by atoms with E-state index in [0.29, 0.717) is 15.7 Å². The first-order valence-electron chi connectivity index (χ1n) is 5.34. The molecule has 2 aromatic rings. The molecule has 19 heavy (non-hydrogen) atoms. The van der Waals surface area contributed by atoms with Crippen LogP contribution in [0.4, 0.5) is 5.69 Å². The van der Waals surface area contributed by atoms with Crippen molar-refractivity contribution in [2.45, 2.75) is 6.04 Å². The van der Waals surface area contributed by atoms with Crippen LogP contribution in [0, 0.1) is 11.3 Å². The maximum atomic E-state index is 11.3. The standard InChI is InChI=1S/C13H9BrN2O2S/c14-10-6-9(4-3-8(10)7-15)16-12(13(17)18)11-2-1-5-19-11/h1-6,12,16H,(H,17,18). The Bertz CT molecular complexity index is 635. The maximum absolute atomic E-state index is 11.3. The van der Waals surface area contributed by atoms with E-state index in [1.807, 2.05) is 17.5 Å². The van der Waals surface area contributed by atoms with E-state index in [1.54, 1.807) is 24.3 Å². The average molecular weight is 337 g/mol. The molecule has 0 aliphatic carbocycles. The van der Waals surface area contributed by atoms with Crippen LogP contribution >= 0.6 is 27.3 Å². The average Bonchev–Trinajstić information content (AvgIpc) is 2.89. The predicted molar refractivity (Wildman–Crippen MR) is 77.2 cm³/mol. The van der Waals surface area contributed by atoms with Gasteiger partial charge in [-0.3, -0.25) is 0 Å². The van der Waals surface area contributed by atoms with Gasteiger partial charge in [0.2, 0.25) is 0 Å². The minimum atomic E-state index is -0.942. The SMILES string of the molecule is N#Cc1ccc(NC(C(=O)O)c2cccs2)cc1Br. The van der Waals surface area contributed by atoms with Crippen molar-refractivity contribution in [2.75, 3.05) is 5.32 Å². The van der Waals surface area contributed by atoms with Crippen LogP contribution < -0.4 is 5.32 Å². The molecular weight excluding hydrogens is 328 g/mol. The molecular formula is C13H9BrN2O2S. The van der Waals surface area contributed by atoms with Crippen LogP contribution in [-0.4, -0.2) is 11.1 Å². The van der Waals surface area contributed by atoms with E-state index in [0.717, 1.165) is 4.88 Å². The third kappa shape index (κ3) is 3.13. The summed E-state index contributed by atoms with van der Waals surface area (Å²) in [5, 5.41) is 22.9. The molecule has 0 radical (unpaired) electrons. The van der Waals surface area contributed by atoms with E-state index in [4.69, 9.17) is 5.26 Å². The summed E-state index contributed by atoms with van der Waals surface area (Å²) in [5.74, 6) is -0.942. The second kappa shape index (κ2) is 5.87. The lowest BCUT2D eigenvalue weighted by atomic mass is 10.2. The van der Waals surface area contributed by atoms with Gasteiger partial charge in [-0.2, -0.15) is 5.26 Å². The van der Waals surface area contributed by atoms with Crippen molar-refractivity contribution in [3.05, 3.63) is 50.6 Å². The highest BCUT2D eigenvalue weighted by Crippen LogP contribution is 2.27. The molecule has 1 atom stereocenters. The number of hydrogen-bond donors (Lipinski definition) is 2. The Morgan fingerprint density at radius 3 is 2.79 bits per heavy atom. The second-order valence-corrected chi connectivity index (χ2v) is 5.57. The zero-order valence-corrected chi connectivity index (χ0v) is 12.0. The van der Waals surface area contributed by atoms with Crippen LogP contribution in [0.5, 0.6) is 0 Å². The van der Waals surface area contributed by atoms with Gasteiger partial charge in [-0.05, 0) is 45.6 Å². The first-order chi connectivity index (χ1) is 9.11. The van der Waals surface area contributed by atoms with Gasteiger partial charge in [0, 0.05) is 15.0 Å². The number of carboxylic acids is 1. The Balaban J connectivity index is 2.26. The summed E-state index contributed by atoms with van der Waals surface area (Å²) in [4.78, 5) is 12.0. The molecule has 0 bridgehead atoms. The number of halogens is 1. The molecule has 1 aromatic carbocycles. The largest absolute Gasteiger partial charge is 0.479 e. The summed E-state index contributed by atoms with van der Waals surface area (Å²) < 4.78 is 0.635. The normalized spacial score (nSPS) is 11.6. The number of anilines is 1. The smallest absolute Gasteiger partial charge is 0.331 e. The quantitative estimate of drug-likeness (QED) is 0.894. The minimum Gasteiger partial charge on any atom is -0.479 e. The zero-order valence-electron chi connectivity index (χ0n) is 9.63. The summed E-state index contributed by atoms with van der Waals surface area (Å²) in [6.07, 6.45) is 0. The molecule has 0 spiro atoms. The first-order valence-corrected chi connectivity index (χ1v) is 7.01. The number of carboxylic acid groups (broad SMARTS) is 1. The Labute approximate surface area is 122 Å². The second-order valence-electron chi connectivity index (χ2n) is 3.74. The number of rotatable bonds is 4. The monoisotopic (exact) mass is 336 g/mol. The molecule has 0 aliphatic rings. The fourth-order valence-corrected chi connectivity index (χ4v) is 2.81. The summed E-state index contributed by atoms with van der Waals surface area (Å²) in [5.41, 5.74) is 1.15. The van der Waals surface area contributed by atoms with Gasteiger partial charge < -0.3 is 10.4 Å². The molecule has 1 aromatic heterocycles. The van der Waals surface area contributed by atoms with Crippen molar-refractivity contribution >= 4 is 38.9 Å². The van der Waals surface area contributed by atoms with Gasteiger partial charge in [-0.15, -0.1) is 11.3 Å². The van der Waals surface area contributed by atoms with Gasteiger partial charge in [-0.25, -0.2) is 4.79 Å². The number of nitrogens with zero attached hydrogens (tertiary/aromatic N) is 1. The van der Waals surface area contributed by atoms with Gasteiger partial charge in [-0.1, -0.05) is 6.07 Å². The topological polar surface area (TPSA) is 73.1 Å². The van der Waals surface area contributed by atoms with Crippen molar-refractivity contribution in [1.29, 1.82) is 5.26 Å². The molecule has 1 unspecified atom stereocenters. The van der Waals surface area contributed by atoms with Crippen molar-refractivity contribution in [3.63, 3.8) is 0 Å². The molecule has 0 aliphatic heterocycles. The number of benzene rings is 1. The van der Waals surface area contributed by atoms with Crippen LogP contribution in [0.2, 0.25) is 0 Å². The van der Waals surface area contributed by atoms with Crippen LogP contribution in [-0.2, 0) is 4.79 Å². The number of aliphatic carboxylic acids is 1. The minimum absolute atomic E-state index is 0.508. The fourth-order valence-electron chi connectivity index (χ4n) is 1.57. The molecule has 1 heterocycles.